The first-order chi connectivity index (χ1) is 15.8. The Morgan fingerprint density at radius 3 is 2.50 bits per heavy atom. The summed E-state index contributed by atoms with van der Waals surface area (Å²) in [5.74, 6) is -2.43. The number of benzene rings is 1. The second kappa shape index (κ2) is 8.12. The second-order valence-electron chi connectivity index (χ2n) is 9.06. The van der Waals surface area contributed by atoms with Crippen molar-refractivity contribution in [1.29, 1.82) is 0 Å². The number of carbonyl (C=O) groups excluding carboxylic acids is 3. The van der Waals surface area contributed by atoms with Gasteiger partial charge in [-0.15, -0.1) is 0 Å². The maximum atomic E-state index is 12.9. The number of aliphatic carboxylic acids is 1. The Labute approximate surface area is 200 Å². The van der Waals surface area contributed by atoms with Crippen LogP contribution in [0.1, 0.15) is 34.8 Å². The molecule has 184 valence electrons. The van der Waals surface area contributed by atoms with Crippen molar-refractivity contribution in [3.8, 4) is 0 Å². The molecule has 1 aromatic rings. The lowest BCUT2D eigenvalue weighted by atomic mass is 9.97. The van der Waals surface area contributed by atoms with E-state index < -0.39 is 50.6 Å². The Kier molecular flexibility index (Phi) is 5.80. The van der Waals surface area contributed by atoms with Crippen molar-refractivity contribution in [3.63, 3.8) is 0 Å². The van der Waals surface area contributed by atoms with Gasteiger partial charge in [-0.3, -0.25) is 9.59 Å². The molecule has 3 amide bonds. The summed E-state index contributed by atoms with van der Waals surface area (Å²) in [6, 6.07) is 1.43. The SMILES string of the molecule is Cc1ccc(C(=O)NC2CN(C(=O)OC[C@@]3(C)[C@H](C(=O)O)N4C(=O)C[C@H]4S3(=O)=O)C2)c(Cl)c1C. The number of amides is 3. The molecule has 13 heteroatoms. The van der Waals surface area contributed by atoms with Crippen molar-refractivity contribution in [2.45, 2.75) is 49.4 Å². The molecule has 0 spiro atoms. The number of nitrogens with zero attached hydrogens (tertiary/aromatic N) is 2. The monoisotopic (exact) mass is 513 g/mol. The van der Waals surface area contributed by atoms with Crippen molar-refractivity contribution in [1.82, 2.24) is 15.1 Å². The topological polar surface area (TPSA) is 150 Å². The third-order valence-corrected chi connectivity index (χ3v) is 10.1. The Balaban J connectivity index is 1.35. The first kappa shape index (κ1) is 24.3. The number of ether oxygens (including phenoxy) is 1. The predicted molar refractivity (Wildman–Crippen MR) is 119 cm³/mol. The summed E-state index contributed by atoms with van der Waals surface area (Å²) in [5, 5.41) is 11.5. The van der Waals surface area contributed by atoms with Gasteiger partial charge in [-0.1, -0.05) is 17.7 Å². The number of rotatable bonds is 5. The van der Waals surface area contributed by atoms with Gasteiger partial charge in [0.1, 0.15) is 16.7 Å². The molecule has 3 atom stereocenters. The van der Waals surface area contributed by atoms with Crippen LogP contribution in [-0.4, -0.2) is 89.1 Å². The van der Waals surface area contributed by atoms with Crippen LogP contribution in [-0.2, 0) is 24.2 Å². The molecule has 0 radical (unpaired) electrons. The lowest BCUT2D eigenvalue weighted by Crippen LogP contribution is -2.62. The van der Waals surface area contributed by atoms with Crippen LogP contribution >= 0.6 is 11.6 Å². The molecule has 3 saturated heterocycles. The summed E-state index contributed by atoms with van der Waals surface area (Å²) < 4.78 is 28.9. The Morgan fingerprint density at radius 2 is 1.91 bits per heavy atom. The summed E-state index contributed by atoms with van der Waals surface area (Å²) in [6.07, 6.45) is -1.12. The second-order valence-corrected chi connectivity index (χ2v) is 12.0. The molecule has 1 aromatic carbocycles. The normalized spacial score (nSPS) is 27.5. The third kappa shape index (κ3) is 3.50. The minimum absolute atomic E-state index is 0.131. The van der Waals surface area contributed by atoms with Crippen LogP contribution in [0, 0.1) is 13.8 Å². The van der Waals surface area contributed by atoms with Crippen LogP contribution in [0.2, 0.25) is 5.02 Å². The number of halogens is 1. The standard InChI is InChI=1S/C21H24ClN3O8S/c1-10-4-5-13(16(22)11(10)2)18(27)23-12-7-24(8-12)20(30)33-9-21(3)17(19(28)29)25-14(26)6-15(25)34(21,31)32/h4-5,12,15,17H,6-9H2,1-3H3,(H,23,27)(H,28,29)/t15-,17+,21+/m1/s1. The number of carboxylic acids is 1. The van der Waals surface area contributed by atoms with E-state index >= 15 is 0 Å². The highest BCUT2D eigenvalue weighted by Crippen LogP contribution is 2.46. The first-order valence-corrected chi connectivity index (χ1v) is 12.5. The van der Waals surface area contributed by atoms with Crippen LogP contribution < -0.4 is 5.32 Å². The summed E-state index contributed by atoms with van der Waals surface area (Å²) in [6.45, 7) is 4.42. The van der Waals surface area contributed by atoms with Crippen molar-refractivity contribution in [2.75, 3.05) is 19.7 Å². The van der Waals surface area contributed by atoms with E-state index in [0.29, 0.717) is 10.6 Å². The van der Waals surface area contributed by atoms with E-state index in [1.54, 1.807) is 12.1 Å². The molecule has 3 fully saturated rings. The minimum atomic E-state index is -4.07. The molecule has 2 N–H and O–H groups in total. The molecule has 0 saturated carbocycles. The lowest BCUT2D eigenvalue weighted by molar-refractivity contribution is -0.158. The molecule has 11 nitrogen and oxygen atoms in total. The number of likely N-dealkylation sites (tertiary alicyclic amines) is 1. The molecule has 3 aliphatic rings. The quantitative estimate of drug-likeness (QED) is 0.546. The van der Waals surface area contributed by atoms with Crippen molar-refractivity contribution in [2.24, 2.45) is 0 Å². The number of fused-ring (bicyclic) bond motifs is 1. The molecular weight excluding hydrogens is 490 g/mol. The van der Waals surface area contributed by atoms with Gasteiger partial charge >= 0.3 is 12.1 Å². The highest BCUT2D eigenvalue weighted by atomic mass is 35.5. The Hall–Kier alpha value is -2.86. The van der Waals surface area contributed by atoms with Gasteiger partial charge in [0.05, 0.1) is 23.0 Å². The summed E-state index contributed by atoms with van der Waals surface area (Å²) in [7, 11) is -4.07. The Morgan fingerprint density at radius 1 is 1.26 bits per heavy atom. The van der Waals surface area contributed by atoms with Gasteiger partial charge in [-0.25, -0.2) is 18.0 Å². The number of nitrogens with one attached hydrogen (secondary N) is 1. The van der Waals surface area contributed by atoms with E-state index in [1.807, 2.05) is 13.8 Å². The molecule has 4 rings (SSSR count). The van der Waals surface area contributed by atoms with Gasteiger partial charge in [0.2, 0.25) is 5.91 Å². The van der Waals surface area contributed by atoms with Crippen LogP contribution in [0.4, 0.5) is 4.79 Å². The smallest absolute Gasteiger partial charge is 0.409 e. The zero-order valence-electron chi connectivity index (χ0n) is 18.7. The van der Waals surface area contributed by atoms with Gasteiger partial charge in [-0.05, 0) is 38.0 Å². The Bertz CT molecular complexity index is 1210. The van der Waals surface area contributed by atoms with Crippen molar-refractivity contribution < 1.29 is 37.4 Å². The fourth-order valence-electron chi connectivity index (χ4n) is 4.51. The maximum absolute atomic E-state index is 12.9. The van der Waals surface area contributed by atoms with Crippen LogP contribution in [0.5, 0.6) is 0 Å². The number of carboxylic acid groups (broad SMARTS) is 1. The first-order valence-electron chi connectivity index (χ1n) is 10.5. The summed E-state index contributed by atoms with van der Waals surface area (Å²) in [4.78, 5) is 50.6. The predicted octanol–water partition coefficient (Wildman–Crippen LogP) is 0.706. The van der Waals surface area contributed by atoms with Crippen LogP contribution in [0.3, 0.4) is 0 Å². The van der Waals surface area contributed by atoms with Gasteiger partial charge in [0, 0.05) is 13.1 Å². The van der Waals surface area contributed by atoms with Crippen molar-refractivity contribution in [3.05, 3.63) is 33.8 Å². The van der Waals surface area contributed by atoms with Crippen LogP contribution in [0.25, 0.3) is 0 Å². The highest BCUT2D eigenvalue weighted by molar-refractivity contribution is 7.94. The summed E-state index contributed by atoms with van der Waals surface area (Å²) >= 11 is 6.26. The zero-order chi connectivity index (χ0) is 25.2. The third-order valence-electron chi connectivity index (χ3n) is 6.91. The van der Waals surface area contributed by atoms with Crippen molar-refractivity contribution >= 4 is 45.3 Å². The van der Waals surface area contributed by atoms with E-state index in [0.717, 1.165) is 16.0 Å². The van der Waals surface area contributed by atoms with Gasteiger partial charge in [-0.2, -0.15) is 0 Å². The average Bonchev–Trinajstić information content (AvgIpc) is 2.87. The molecule has 0 unspecified atom stereocenters. The summed E-state index contributed by atoms with van der Waals surface area (Å²) in [5.41, 5.74) is 2.08. The minimum Gasteiger partial charge on any atom is -0.480 e. The molecule has 3 aliphatic heterocycles. The van der Waals surface area contributed by atoms with Gasteiger partial charge in [0.25, 0.3) is 5.91 Å². The van der Waals surface area contributed by atoms with E-state index in [4.69, 9.17) is 16.3 Å². The van der Waals surface area contributed by atoms with E-state index in [-0.39, 0.29) is 31.5 Å². The average molecular weight is 514 g/mol. The molecule has 34 heavy (non-hydrogen) atoms. The highest BCUT2D eigenvalue weighted by Gasteiger charge is 2.70. The number of carbonyl (C=O) groups is 4. The van der Waals surface area contributed by atoms with Crippen LogP contribution in [0.15, 0.2) is 12.1 Å². The number of β-lactam (4-membered cyclic amide) rings is 1. The zero-order valence-corrected chi connectivity index (χ0v) is 20.3. The molecule has 0 aliphatic carbocycles. The lowest BCUT2D eigenvalue weighted by Gasteiger charge is -2.39. The molecule has 0 bridgehead atoms. The largest absolute Gasteiger partial charge is 0.480 e. The fourth-order valence-corrected chi connectivity index (χ4v) is 7.08. The van der Waals surface area contributed by atoms with E-state index in [9.17, 15) is 32.7 Å². The van der Waals surface area contributed by atoms with E-state index in [2.05, 4.69) is 5.32 Å². The molecule has 0 aromatic heterocycles. The number of hydrogen-bond acceptors (Lipinski definition) is 7. The maximum Gasteiger partial charge on any atom is 0.409 e. The molecule has 3 heterocycles. The number of hydrogen-bond donors (Lipinski definition) is 2. The molecular formula is C21H24ClN3O8S. The van der Waals surface area contributed by atoms with Gasteiger partial charge < -0.3 is 25.0 Å². The fraction of sp³-hybridized carbons (Fsp3) is 0.524. The van der Waals surface area contributed by atoms with E-state index in [1.165, 1.54) is 11.8 Å². The van der Waals surface area contributed by atoms with Gasteiger partial charge in [0.15, 0.2) is 15.9 Å². The number of aryl methyl sites for hydroxylation is 1. The number of sulfone groups is 1.